The Morgan fingerprint density at radius 2 is 1.91 bits per heavy atom. The molecule has 0 bridgehead atoms. The van der Waals surface area contributed by atoms with Gasteiger partial charge in [-0.3, -0.25) is 13.9 Å². The largest absolute Gasteiger partial charge is 0.332 e. The lowest BCUT2D eigenvalue weighted by Crippen LogP contribution is -2.37. The topological polar surface area (TPSA) is 61.8 Å². The zero-order valence-corrected chi connectivity index (χ0v) is 12.7. The van der Waals surface area contributed by atoms with E-state index in [9.17, 15) is 9.59 Å². The van der Waals surface area contributed by atoms with Gasteiger partial charge < -0.3 is 4.57 Å². The third kappa shape index (κ3) is 2.09. The van der Waals surface area contributed by atoms with Crippen molar-refractivity contribution >= 4 is 24.5 Å². The van der Waals surface area contributed by atoms with E-state index in [0.29, 0.717) is 29.0 Å². The van der Waals surface area contributed by atoms with Crippen LogP contribution in [0.25, 0.3) is 11.2 Å². The van der Waals surface area contributed by atoms with Crippen LogP contribution in [-0.4, -0.2) is 26.5 Å². The SMILES string of the molecule is [B]c1cccc(Cn2c(C)nc3c2c(=O)n(C)c(=O)n3C)c1. The molecule has 0 aliphatic rings. The highest BCUT2D eigenvalue weighted by molar-refractivity contribution is 6.32. The average molecular weight is 294 g/mol. The minimum atomic E-state index is -0.383. The van der Waals surface area contributed by atoms with E-state index >= 15 is 0 Å². The number of benzene rings is 1. The lowest BCUT2D eigenvalue weighted by Gasteiger charge is -2.09. The van der Waals surface area contributed by atoms with Crippen LogP contribution in [0, 0.1) is 6.92 Å². The van der Waals surface area contributed by atoms with Crippen LogP contribution < -0.4 is 16.7 Å². The lowest BCUT2D eigenvalue weighted by molar-refractivity contribution is 0.701. The number of nitrogens with zero attached hydrogens (tertiary/aromatic N) is 4. The van der Waals surface area contributed by atoms with Gasteiger partial charge in [-0.15, -0.1) is 0 Å². The summed E-state index contributed by atoms with van der Waals surface area (Å²) in [5.41, 5.74) is 1.73. The number of aromatic nitrogens is 4. The van der Waals surface area contributed by atoms with Gasteiger partial charge in [-0.25, -0.2) is 9.78 Å². The quantitative estimate of drug-likeness (QED) is 0.603. The Hall–Kier alpha value is -2.57. The Morgan fingerprint density at radius 1 is 1.18 bits per heavy atom. The zero-order chi connectivity index (χ0) is 16.0. The van der Waals surface area contributed by atoms with Crippen molar-refractivity contribution in [3.8, 4) is 0 Å². The van der Waals surface area contributed by atoms with Crippen LogP contribution in [0.3, 0.4) is 0 Å². The average Bonchev–Trinajstić information content (AvgIpc) is 2.80. The van der Waals surface area contributed by atoms with Gasteiger partial charge in [0.2, 0.25) is 0 Å². The first kappa shape index (κ1) is 14.4. The fourth-order valence-corrected chi connectivity index (χ4v) is 2.62. The van der Waals surface area contributed by atoms with Gasteiger partial charge in [0.1, 0.15) is 13.7 Å². The van der Waals surface area contributed by atoms with Crippen molar-refractivity contribution in [2.75, 3.05) is 0 Å². The summed E-state index contributed by atoms with van der Waals surface area (Å²) in [7, 11) is 8.88. The molecule has 0 spiro atoms. The molecule has 0 aliphatic heterocycles. The highest BCUT2D eigenvalue weighted by Gasteiger charge is 2.17. The zero-order valence-electron chi connectivity index (χ0n) is 12.7. The van der Waals surface area contributed by atoms with Crippen molar-refractivity contribution in [2.24, 2.45) is 14.1 Å². The second-order valence-corrected chi connectivity index (χ2v) is 5.37. The molecule has 0 saturated heterocycles. The number of hydrogen-bond acceptors (Lipinski definition) is 3. The molecule has 0 saturated carbocycles. The Labute approximate surface area is 128 Å². The maximum Gasteiger partial charge on any atom is 0.332 e. The van der Waals surface area contributed by atoms with Gasteiger partial charge in [0, 0.05) is 20.6 Å². The Balaban J connectivity index is 2.29. The molecule has 3 rings (SSSR count). The van der Waals surface area contributed by atoms with Gasteiger partial charge in [-0.05, 0) is 12.5 Å². The van der Waals surface area contributed by atoms with Crippen molar-refractivity contribution in [3.63, 3.8) is 0 Å². The van der Waals surface area contributed by atoms with E-state index < -0.39 is 0 Å². The standard InChI is InChI=1S/C15H15BN4O2/c1-9-17-13-12(14(21)19(3)15(22)18(13)2)20(9)8-10-5-4-6-11(16)7-10/h4-7H,8H2,1-3H3. The van der Waals surface area contributed by atoms with Gasteiger partial charge in [0.25, 0.3) is 5.56 Å². The summed E-state index contributed by atoms with van der Waals surface area (Å²) in [4.78, 5) is 28.8. The molecule has 7 heteroatoms. The predicted molar refractivity (Wildman–Crippen MR) is 85.9 cm³/mol. The smallest absolute Gasteiger partial charge is 0.318 e. The van der Waals surface area contributed by atoms with Gasteiger partial charge in [0.05, 0.1) is 0 Å². The summed E-state index contributed by atoms with van der Waals surface area (Å²) in [5.74, 6) is 0.677. The van der Waals surface area contributed by atoms with Crippen molar-refractivity contribution in [1.29, 1.82) is 0 Å². The number of fused-ring (bicyclic) bond motifs is 1. The number of rotatable bonds is 2. The van der Waals surface area contributed by atoms with Crippen LogP contribution in [0.2, 0.25) is 0 Å². The third-order valence-electron chi connectivity index (χ3n) is 3.83. The van der Waals surface area contributed by atoms with Gasteiger partial charge >= 0.3 is 5.69 Å². The number of aryl methyl sites for hydroxylation is 2. The van der Waals surface area contributed by atoms with E-state index in [-0.39, 0.29) is 11.2 Å². The molecule has 0 N–H and O–H groups in total. The minimum Gasteiger partial charge on any atom is -0.318 e. The first-order valence-corrected chi connectivity index (χ1v) is 6.87. The van der Waals surface area contributed by atoms with Crippen molar-refractivity contribution in [1.82, 2.24) is 18.7 Å². The van der Waals surface area contributed by atoms with Gasteiger partial charge in [0.15, 0.2) is 11.2 Å². The summed E-state index contributed by atoms with van der Waals surface area (Å²) in [6.07, 6.45) is 0. The fourth-order valence-electron chi connectivity index (χ4n) is 2.62. The van der Waals surface area contributed by atoms with E-state index in [4.69, 9.17) is 7.85 Å². The molecule has 2 heterocycles. The van der Waals surface area contributed by atoms with Crippen molar-refractivity contribution < 1.29 is 0 Å². The van der Waals surface area contributed by atoms with Crippen LogP contribution in [0.5, 0.6) is 0 Å². The van der Waals surface area contributed by atoms with Crippen LogP contribution in [0.1, 0.15) is 11.4 Å². The molecule has 3 aromatic rings. The predicted octanol–water partition coefficient (Wildman–Crippen LogP) is -0.416. The maximum atomic E-state index is 12.5. The monoisotopic (exact) mass is 294 g/mol. The van der Waals surface area contributed by atoms with E-state index in [1.165, 1.54) is 11.6 Å². The summed E-state index contributed by atoms with van der Waals surface area (Å²) >= 11 is 0. The molecule has 22 heavy (non-hydrogen) atoms. The fraction of sp³-hybridized carbons (Fsp3) is 0.267. The summed E-state index contributed by atoms with van der Waals surface area (Å²) in [5, 5.41) is 0. The highest BCUT2D eigenvalue weighted by Crippen LogP contribution is 2.12. The van der Waals surface area contributed by atoms with Crippen LogP contribution >= 0.6 is 0 Å². The second kappa shape index (κ2) is 5.01. The Kier molecular flexibility index (Phi) is 3.28. The maximum absolute atomic E-state index is 12.5. The molecule has 0 amide bonds. The summed E-state index contributed by atoms with van der Waals surface area (Å²) < 4.78 is 4.30. The molecule has 0 fully saturated rings. The van der Waals surface area contributed by atoms with E-state index in [0.717, 1.165) is 10.1 Å². The van der Waals surface area contributed by atoms with Gasteiger partial charge in [-0.1, -0.05) is 29.7 Å². The molecule has 6 nitrogen and oxygen atoms in total. The first-order chi connectivity index (χ1) is 10.4. The molecule has 1 aromatic carbocycles. The Morgan fingerprint density at radius 3 is 2.59 bits per heavy atom. The number of imidazole rings is 1. The van der Waals surface area contributed by atoms with Crippen LogP contribution in [0.4, 0.5) is 0 Å². The van der Waals surface area contributed by atoms with Crippen molar-refractivity contribution in [2.45, 2.75) is 13.5 Å². The molecular formula is C15H15BN4O2. The molecule has 2 aromatic heterocycles. The molecular weight excluding hydrogens is 279 g/mol. The normalized spacial score (nSPS) is 11.2. The van der Waals surface area contributed by atoms with Crippen molar-refractivity contribution in [3.05, 3.63) is 56.5 Å². The number of hydrogen-bond donors (Lipinski definition) is 0. The third-order valence-corrected chi connectivity index (χ3v) is 3.83. The van der Waals surface area contributed by atoms with Crippen LogP contribution in [-0.2, 0) is 20.6 Å². The van der Waals surface area contributed by atoms with E-state index in [1.807, 2.05) is 35.8 Å². The highest BCUT2D eigenvalue weighted by atomic mass is 16.2. The lowest BCUT2D eigenvalue weighted by atomic mass is 9.94. The molecule has 0 unspecified atom stereocenters. The molecule has 2 radical (unpaired) electrons. The first-order valence-electron chi connectivity index (χ1n) is 6.87. The van der Waals surface area contributed by atoms with Gasteiger partial charge in [-0.2, -0.15) is 0 Å². The Bertz CT molecular complexity index is 997. The molecule has 0 atom stereocenters. The summed E-state index contributed by atoms with van der Waals surface area (Å²) in [6.45, 7) is 2.29. The summed E-state index contributed by atoms with van der Waals surface area (Å²) in [6, 6.07) is 7.48. The van der Waals surface area contributed by atoms with E-state index in [1.54, 1.807) is 7.05 Å². The molecule has 110 valence electrons. The van der Waals surface area contributed by atoms with E-state index in [2.05, 4.69) is 4.98 Å². The van der Waals surface area contributed by atoms with Crippen LogP contribution in [0.15, 0.2) is 33.9 Å². The minimum absolute atomic E-state index is 0.345. The molecule has 0 aliphatic carbocycles. The second-order valence-electron chi connectivity index (χ2n) is 5.37.